The molecule has 0 radical (unpaired) electrons. The van der Waals surface area contributed by atoms with Crippen LogP contribution in [0.15, 0.2) is 0 Å². The summed E-state index contributed by atoms with van der Waals surface area (Å²) in [5, 5.41) is 0. The molecule has 1 rings (SSSR count). The molecule has 1 heterocycles. The molecular formula is C13H27ClN2O. The average Bonchev–Trinajstić information content (AvgIpc) is 2.63. The van der Waals surface area contributed by atoms with Crippen LogP contribution in [0, 0.1) is 11.3 Å². The van der Waals surface area contributed by atoms with Gasteiger partial charge < -0.3 is 10.6 Å². The molecule has 3 nitrogen and oxygen atoms in total. The minimum absolute atomic E-state index is 0. The molecule has 1 saturated heterocycles. The van der Waals surface area contributed by atoms with E-state index in [1.54, 1.807) is 0 Å². The van der Waals surface area contributed by atoms with Crippen LogP contribution < -0.4 is 5.73 Å². The largest absolute Gasteiger partial charge is 0.338 e. The highest BCUT2D eigenvalue weighted by atomic mass is 35.5. The maximum Gasteiger partial charge on any atom is 0.223 e. The third-order valence-corrected chi connectivity index (χ3v) is 3.93. The Morgan fingerprint density at radius 1 is 1.47 bits per heavy atom. The molecule has 0 aromatic carbocycles. The van der Waals surface area contributed by atoms with Crippen molar-refractivity contribution in [3.63, 3.8) is 0 Å². The Balaban J connectivity index is 0.00000256. The van der Waals surface area contributed by atoms with Gasteiger partial charge in [0.15, 0.2) is 0 Å². The second kappa shape index (κ2) is 6.60. The second-order valence-corrected chi connectivity index (χ2v) is 6.09. The van der Waals surface area contributed by atoms with Crippen LogP contribution >= 0.6 is 12.4 Å². The molecule has 102 valence electrons. The van der Waals surface area contributed by atoms with Crippen LogP contribution in [0.2, 0.25) is 0 Å². The molecule has 0 aromatic rings. The summed E-state index contributed by atoms with van der Waals surface area (Å²) in [6.07, 6.45) is 2.84. The lowest BCUT2D eigenvalue weighted by Gasteiger charge is -2.30. The van der Waals surface area contributed by atoms with Gasteiger partial charge in [-0.15, -0.1) is 12.4 Å². The molecule has 0 bridgehead atoms. The number of nitrogens with two attached hydrogens (primary N) is 1. The number of carbonyl (C=O) groups excluding carboxylic acids is 1. The van der Waals surface area contributed by atoms with Crippen LogP contribution in [0.25, 0.3) is 0 Å². The van der Waals surface area contributed by atoms with Crippen molar-refractivity contribution in [2.75, 3.05) is 13.1 Å². The Morgan fingerprint density at radius 3 is 2.53 bits per heavy atom. The molecule has 1 aliphatic rings. The first-order valence-corrected chi connectivity index (χ1v) is 6.35. The van der Waals surface area contributed by atoms with Crippen molar-refractivity contribution >= 4 is 18.3 Å². The molecule has 2 unspecified atom stereocenters. The van der Waals surface area contributed by atoms with E-state index in [0.29, 0.717) is 24.9 Å². The molecule has 0 saturated carbocycles. The van der Waals surface area contributed by atoms with E-state index in [1.165, 1.54) is 0 Å². The first-order valence-electron chi connectivity index (χ1n) is 6.35. The van der Waals surface area contributed by atoms with Gasteiger partial charge in [-0.1, -0.05) is 27.7 Å². The van der Waals surface area contributed by atoms with E-state index in [0.717, 1.165) is 19.4 Å². The fraction of sp³-hybridized carbons (Fsp3) is 0.923. The predicted octanol–water partition coefficient (Wildman–Crippen LogP) is 2.43. The van der Waals surface area contributed by atoms with Crippen molar-refractivity contribution in [1.29, 1.82) is 0 Å². The van der Waals surface area contributed by atoms with E-state index in [1.807, 2.05) is 4.90 Å². The molecule has 1 fully saturated rings. The Morgan fingerprint density at radius 2 is 2.06 bits per heavy atom. The van der Waals surface area contributed by atoms with Crippen LogP contribution in [-0.4, -0.2) is 29.9 Å². The summed E-state index contributed by atoms with van der Waals surface area (Å²) in [6, 6.07) is 0.291. The number of nitrogens with zero attached hydrogens (tertiary/aromatic N) is 1. The van der Waals surface area contributed by atoms with Crippen LogP contribution in [0.4, 0.5) is 0 Å². The van der Waals surface area contributed by atoms with Crippen LogP contribution in [0.5, 0.6) is 0 Å². The van der Waals surface area contributed by atoms with E-state index in [-0.39, 0.29) is 23.7 Å². The lowest BCUT2D eigenvalue weighted by Crippen LogP contribution is -2.41. The van der Waals surface area contributed by atoms with Gasteiger partial charge in [0.2, 0.25) is 5.91 Å². The van der Waals surface area contributed by atoms with Gasteiger partial charge in [0.25, 0.3) is 0 Å². The molecule has 17 heavy (non-hydrogen) atoms. The molecule has 1 amide bonds. The first-order chi connectivity index (χ1) is 7.36. The lowest BCUT2D eigenvalue weighted by atomic mass is 9.80. The molecule has 1 aliphatic heterocycles. The Labute approximate surface area is 112 Å². The summed E-state index contributed by atoms with van der Waals surface area (Å²) in [5.74, 6) is 0.703. The quantitative estimate of drug-likeness (QED) is 0.849. The second-order valence-electron chi connectivity index (χ2n) is 6.09. The average molecular weight is 263 g/mol. The zero-order valence-electron chi connectivity index (χ0n) is 11.5. The normalized spacial score (nSPS) is 22.2. The number of carbonyl (C=O) groups is 1. The van der Waals surface area contributed by atoms with Crippen LogP contribution in [0.1, 0.15) is 47.0 Å². The third kappa shape index (κ3) is 4.47. The molecule has 0 aromatic heterocycles. The zero-order valence-corrected chi connectivity index (χ0v) is 12.3. The topological polar surface area (TPSA) is 46.3 Å². The number of hydrogen-bond donors (Lipinski definition) is 1. The monoisotopic (exact) mass is 262 g/mol. The van der Waals surface area contributed by atoms with Crippen molar-refractivity contribution in [1.82, 2.24) is 4.90 Å². The third-order valence-electron chi connectivity index (χ3n) is 3.93. The highest BCUT2D eigenvalue weighted by Gasteiger charge is 2.30. The molecule has 2 N–H and O–H groups in total. The minimum Gasteiger partial charge on any atom is -0.338 e. The highest BCUT2D eigenvalue weighted by Crippen LogP contribution is 2.29. The van der Waals surface area contributed by atoms with E-state index in [9.17, 15) is 4.79 Å². The molecular weight excluding hydrogens is 236 g/mol. The van der Waals surface area contributed by atoms with Gasteiger partial charge in [0.1, 0.15) is 0 Å². The zero-order chi connectivity index (χ0) is 12.3. The minimum atomic E-state index is 0. The number of hydrogen-bond acceptors (Lipinski definition) is 2. The number of likely N-dealkylation sites (tertiary alicyclic amines) is 1. The fourth-order valence-corrected chi connectivity index (χ4v) is 2.09. The molecule has 4 heteroatoms. The SMILES string of the molecule is CC(CC(=O)N1CCCC1CN)C(C)(C)C.Cl. The summed E-state index contributed by atoms with van der Waals surface area (Å²) in [7, 11) is 0. The lowest BCUT2D eigenvalue weighted by molar-refractivity contribution is -0.133. The maximum absolute atomic E-state index is 12.1. The summed E-state index contributed by atoms with van der Waals surface area (Å²) < 4.78 is 0. The van der Waals surface area contributed by atoms with Crippen molar-refractivity contribution in [3.8, 4) is 0 Å². The Kier molecular flexibility index (Phi) is 6.49. The smallest absolute Gasteiger partial charge is 0.223 e. The first kappa shape index (κ1) is 16.7. The summed E-state index contributed by atoms with van der Waals surface area (Å²) in [5.41, 5.74) is 5.89. The number of halogens is 1. The van der Waals surface area contributed by atoms with Gasteiger partial charge >= 0.3 is 0 Å². The van der Waals surface area contributed by atoms with Gasteiger partial charge in [-0.05, 0) is 24.2 Å². The van der Waals surface area contributed by atoms with Crippen molar-refractivity contribution < 1.29 is 4.79 Å². The molecule has 0 spiro atoms. The van der Waals surface area contributed by atoms with Gasteiger partial charge in [-0.2, -0.15) is 0 Å². The predicted molar refractivity (Wildman–Crippen MR) is 74.3 cm³/mol. The van der Waals surface area contributed by atoms with Crippen molar-refractivity contribution in [2.45, 2.75) is 53.0 Å². The Bertz CT molecular complexity index is 250. The van der Waals surface area contributed by atoms with Gasteiger partial charge in [0.05, 0.1) is 0 Å². The van der Waals surface area contributed by atoms with E-state index >= 15 is 0 Å². The van der Waals surface area contributed by atoms with E-state index in [2.05, 4.69) is 27.7 Å². The van der Waals surface area contributed by atoms with E-state index in [4.69, 9.17) is 5.73 Å². The molecule has 0 aliphatic carbocycles. The van der Waals surface area contributed by atoms with Crippen LogP contribution in [0.3, 0.4) is 0 Å². The Hall–Kier alpha value is -0.280. The van der Waals surface area contributed by atoms with Crippen LogP contribution in [-0.2, 0) is 4.79 Å². The highest BCUT2D eigenvalue weighted by molar-refractivity contribution is 5.85. The number of amides is 1. The fourth-order valence-electron chi connectivity index (χ4n) is 2.09. The van der Waals surface area contributed by atoms with Crippen molar-refractivity contribution in [3.05, 3.63) is 0 Å². The molecule has 2 atom stereocenters. The van der Waals surface area contributed by atoms with Gasteiger partial charge in [-0.25, -0.2) is 0 Å². The van der Waals surface area contributed by atoms with Gasteiger partial charge in [0, 0.05) is 25.6 Å². The van der Waals surface area contributed by atoms with E-state index < -0.39 is 0 Å². The standard InChI is InChI=1S/C13H26N2O.ClH/c1-10(13(2,3)4)8-12(16)15-7-5-6-11(15)9-14;/h10-11H,5-9,14H2,1-4H3;1H. The summed E-state index contributed by atoms with van der Waals surface area (Å²) >= 11 is 0. The maximum atomic E-state index is 12.1. The summed E-state index contributed by atoms with van der Waals surface area (Å²) in [4.78, 5) is 14.1. The summed E-state index contributed by atoms with van der Waals surface area (Å²) in [6.45, 7) is 10.2. The number of rotatable bonds is 3. The van der Waals surface area contributed by atoms with Gasteiger partial charge in [-0.3, -0.25) is 4.79 Å². The van der Waals surface area contributed by atoms with Crippen molar-refractivity contribution in [2.24, 2.45) is 17.1 Å².